The Kier molecular flexibility index (Phi) is 4.38. The summed E-state index contributed by atoms with van der Waals surface area (Å²) in [5.74, 6) is 1.45. The summed E-state index contributed by atoms with van der Waals surface area (Å²) in [6.07, 6.45) is 6.66. The van der Waals surface area contributed by atoms with Gasteiger partial charge in [-0.3, -0.25) is 0 Å². The van der Waals surface area contributed by atoms with Crippen molar-refractivity contribution < 1.29 is 4.52 Å². The van der Waals surface area contributed by atoms with E-state index in [-0.39, 0.29) is 0 Å². The minimum atomic E-state index is 0.705. The summed E-state index contributed by atoms with van der Waals surface area (Å²) < 4.78 is 5.38. The normalized spacial score (nSPS) is 15.9. The average molecular weight is 286 g/mol. The molecule has 2 N–H and O–H groups in total. The number of nitrogens with two attached hydrogens (primary N) is 1. The van der Waals surface area contributed by atoms with Crippen LogP contribution in [0.5, 0.6) is 0 Å². The van der Waals surface area contributed by atoms with Crippen LogP contribution in [0.25, 0.3) is 0 Å². The number of nitrogens with zero attached hydrogens (tertiary/aromatic N) is 3. The first kappa shape index (κ1) is 13.9. The summed E-state index contributed by atoms with van der Waals surface area (Å²) in [5.41, 5.74) is 7.78. The predicted octanol–water partition coefficient (Wildman–Crippen LogP) is 2.82. The molecule has 3 rings (SSSR count). The second-order valence-corrected chi connectivity index (χ2v) is 5.63. The Morgan fingerprint density at radius 3 is 2.67 bits per heavy atom. The lowest BCUT2D eigenvalue weighted by molar-refractivity contribution is 0.377. The van der Waals surface area contributed by atoms with Crippen LogP contribution < -0.4 is 10.6 Å². The molecular formula is C16H22N4O. The van der Waals surface area contributed by atoms with E-state index in [1.165, 1.54) is 31.2 Å². The van der Waals surface area contributed by atoms with Gasteiger partial charge in [0.1, 0.15) is 0 Å². The van der Waals surface area contributed by atoms with Gasteiger partial charge < -0.3 is 15.2 Å². The lowest BCUT2D eigenvalue weighted by Crippen LogP contribution is -2.24. The summed E-state index contributed by atoms with van der Waals surface area (Å²) in [4.78, 5) is 6.77. The molecule has 1 fully saturated rings. The lowest BCUT2D eigenvalue weighted by Gasteiger charge is -2.16. The van der Waals surface area contributed by atoms with Gasteiger partial charge in [0.05, 0.1) is 0 Å². The van der Waals surface area contributed by atoms with Gasteiger partial charge in [-0.05, 0) is 42.1 Å². The molecule has 1 aliphatic heterocycles. The molecule has 1 aromatic heterocycles. The molecular weight excluding hydrogens is 264 g/mol. The van der Waals surface area contributed by atoms with Crippen LogP contribution in [0.4, 0.5) is 11.6 Å². The van der Waals surface area contributed by atoms with Gasteiger partial charge in [-0.25, -0.2) is 0 Å². The van der Waals surface area contributed by atoms with E-state index < -0.39 is 0 Å². The van der Waals surface area contributed by atoms with Crippen LogP contribution in [0, 0.1) is 0 Å². The van der Waals surface area contributed by atoms with Gasteiger partial charge in [0, 0.05) is 25.2 Å². The molecule has 2 heterocycles. The van der Waals surface area contributed by atoms with E-state index in [1.54, 1.807) is 0 Å². The fourth-order valence-corrected chi connectivity index (χ4v) is 2.75. The Labute approximate surface area is 125 Å². The molecule has 0 amide bonds. The molecule has 21 heavy (non-hydrogen) atoms. The zero-order valence-electron chi connectivity index (χ0n) is 12.3. The number of hydrogen-bond donors (Lipinski definition) is 1. The maximum absolute atomic E-state index is 5.79. The molecule has 0 spiro atoms. The monoisotopic (exact) mass is 286 g/mol. The van der Waals surface area contributed by atoms with Gasteiger partial charge in [0.2, 0.25) is 5.89 Å². The number of aryl methyl sites for hydroxylation is 2. The van der Waals surface area contributed by atoms with E-state index in [0.29, 0.717) is 5.89 Å². The second kappa shape index (κ2) is 6.61. The van der Waals surface area contributed by atoms with E-state index in [4.69, 9.17) is 10.3 Å². The first-order chi connectivity index (χ1) is 10.3. The van der Waals surface area contributed by atoms with Gasteiger partial charge in [-0.15, -0.1) is 0 Å². The molecule has 2 aromatic rings. The Morgan fingerprint density at radius 2 is 1.90 bits per heavy atom. The third kappa shape index (κ3) is 3.74. The Hall–Kier alpha value is -2.04. The molecule has 5 heteroatoms. The molecule has 1 aliphatic rings. The van der Waals surface area contributed by atoms with E-state index in [9.17, 15) is 0 Å². The summed E-state index contributed by atoms with van der Waals surface area (Å²) in [5, 5.41) is 4.13. The van der Waals surface area contributed by atoms with E-state index in [2.05, 4.69) is 21.1 Å². The first-order valence-corrected chi connectivity index (χ1v) is 7.73. The Balaban J connectivity index is 1.59. The van der Waals surface area contributed by atoms with Gasteiger partial charge in [-0.1, -0.05) is 25.0 Å². The largest absolute Gasteiger partial charge is 0.399 e. The van der Waals surface area contributed by atoms with Gasteiger partial charge in [0.25, 0.3) is 5.95 Å². The van der Waals surface area contributed by atoms with Gasteiger partial charge >= 0.3 is 0 Å². The van der Waals surface area contributed by atoms with Crippen molar-refractivity contribution in [1.82, 2.24) is 10.1 Å². The van der Waals surface area contributed by atoms with Crippen LogP contribution in [0.3, 0.4) is 0 Å². The van der Waals surface area contributed by atoms with E-state index >= 15 is 0 Å². The molecule has 0 atom stereocenters. The highest BCUT2D eigenvalue weighted by Gasteiger charge is 2.15. The molecule has 0 unspecified atom stereocenters. The van der Waals surface area contributed by atoms with Gasteiger partial charge in [-0.2, -0.15) is 4.98 Å². The highest BCUT2D eigenvalue weighted by Crippen LogP contribution is 2.17. The fraction of sp³-hybridized carbons (Fsp3) is 0.500. The lowest BCUT2D eigenvalue weighted by atomic mass is 10.1. The third-order valence-corrected chi connectivity index (χ3v) is 3.92. The minimum Gasteiger partial charge on any atom is -0.399 e. The van der Waals surface area contributed by atoms with Crippen LogP contribution >= 0.6 is 0 Å². The number of hydrogen-bond acceptors (Lipinski definition) is 5. The zero-order chi connectivity index (χ0) is 14.5. The number of benzene rings is 1. The number of nitrogen functional groups attached to an aromatic ring is 1. The number of aromatic nitrogens is 2. The Morgan fingerprint density at radius 1 is 1.10 bits per heavy atom. The van der Waals surface area contributed by atoms with Crippen molar-refractivity contribution in [3.8, 4) is 0 Å². The van der Waals surface area contributed by atoms with Crippen LogP contribution in [0.15, 0.2) is 28.8 Å². The molecule has 1 aromatic carbocycles. The SMILES string of the molecule is Nc1cccc(CCc2nc(N3CCCCCC3)no2)c1. The summed E-state index contributed by atoms with van der Waals surface area (Å²) in [6, 6.07) is 7.93. The predicted molar refractivity (Wildman–Crippen MR) is 83.2 cm³/mol. The maximum atomic E-state index is 5.79. The van der Waals surface area contributed by atoms with Crippen molar-refractivity contribution in [2.45, 2.75) is 38.5 Å². The van der Waals surface area contributed by atoms with E-state index in [0.717, 1.165) is 37.6 Å². The first-order valence-electron chi connectivity index (χ1n) is 7.73. The third-order valence-electron chi connectivity index (χ3n) is 3.92. The fourth-order valence-electron chi connectivity index (χ4n) is 2.75. The van der Waals surface area contributed by atoms with Crippen molar-refractivity contribution in [1.29, 1.82) is 0 Å². The van der Waals surface area contributed by atoms with Crippen molar-refractivity contribution in [3.63, 3.8) is 0 Å². The van der Waals surface area contributed by atoms with Crippen LogP contribution in [0.2, 0.25) is 0 Å². The van der Waals surface area contributed by atoms with Crippen LogP contribution in [-0.4, -0.2) is 23.2 Å². The highest BCUT2D eigenvalue weighted by molar-refractivity contribution is 5.40. The molecule has 0 saturated carbocycles. The molecule has 0 aliphatic carbocycles. The molecule has 1 saturated heterocycles. The summed E-state index contributed by atoms with van der Waals surface area (Å²) in [6.45, 7) is 2.07. The standard InChI is InChI=1S/C16H22N4O/c17-14-7-5-6-13(12-14)8-9-15-18-16(19-21-15)20-10-3-1-2-4-11-20/h5-7,12H,1-4,8-11,17H2. The highest BCUT2D eigenvalue weighted by atomic mass is 16.5. The maximum Gasteiger partial charge on any atom is 0.266 e. The quantitative estimate of drug-likeness (QED) is 0.875. The summed E-state index contributed by atoms with van der Waals surface area (Å²) >= 11 is 0. The second-order valence-electron chi connectivity index (χ2n) is 5.63. The summed E-state index contributed by atoms with van der Waals surface area (Å²) in [7, 11) is 0. The zero-order valence-corrected chi connectivity index (χ0v) is 12.3. The van der Waals surface area contributed by atoms with Crippen molar-refractivity contribution in [2.75, 3.05) is 23.7 Å². The van der Waals surface area contributed by atoms with Crippen molar-refractivity contribution in [3.05, 3.63) is 35.7 Å². The smallest absolute Gasteiger partial charge is 0.266 e. The molecule has 0 radical (unpaired) electrons. The van der Waals surface area contributed by atoms with Gasteiger partial charge in [0.15, 0.2) is 0 Å². The van der Waals surface area contributed by atoms with Crippen LogP contribution in [-0.2, 0) is 12.8 Å². The van der Waals surface area contributed by atoms with Crippen molar-refractivity contribution >= 4 is 11.6 Å². The molecule has 112 valence electrons. The number of anilines is 2. The van der Waals surface area contributed by atoms with Crippen LogP contribution in [0.1, 0.15) is 37.1 Å². The minimum absolute atomic E-state index is 0.705. The number of rotatable bonds is 4. The Bertz CT molecular complexity index is 573. The molecule has 5 nitrogen and oxygen atoms in total. The van der Waals surface area contributed by atoms with E-state index in [1.807, 2.05) is 18.2 Å². The van der Waals surface area contributed by atoms with Crippen molar-refractivity contribution in [2.24, 2.45) is 0 Å². The average Bonchev–Trinajstić information content (AvgIpc) is 2.79. The topological polar surface area (TPSA) is 68.2 Å². The molecule has 0 bridgehead atoms.